The topological polar surface area (TPSA) is 84.9 Å². The number of carbonyl (C=O) groups is 2. The lowest BCUT2D eigenvalue weighted by Gasteiger charge is -2.20. The van der Waals surface area contributed by atoms with E-state index in [1.165, 1.54) is 7.05 Å². The van der Waals surface area contributed by atoms with Crippen molar-refractivity contribution < 1.29 is 28.7 Å². The first-order valence-corrected chi connectivity index (χ1v) is 5.79. The molecule has 0 radical (unpaired) electrons. The number of carbonyl (C=O) groups excluding carboxylic acids is 1. The molecule has 1 aromatic rings. The molecular weight excluding hydrogens is 269 g/mol. The Morgan fingerprint density at radius 3 is 2.35 bits per heavy atom. The van der Waals surface area contributed by atoms with Gasteiger partial charge in [-0.3, -0.25) is 0 Å². The molecule has 0 spiro atoms. The van der Waals surface area contributed by atoms with Crippen molar-refractivity contribution in [3.8, 4) is 5.75 Å². The van der Waals surface area contributed by atoms with E-state index in [2.05, 4.69) is 5.48 Å². The van der Waals surface area contributed by atoms with Crippen molar-refractivity contribution in [2.24, 2.45) is 0 Å². The first kappa shape index (κ1) is 15.9. The summed E-state index contributed by atoms with van der Waals surface area (Å²) in [6, 6.07) is 1.91. The lowest BCUT2D eigenvalue weighted by molar-refractivity contribution is 0.00677. The van der Waals surface area contributed by atoms with E-state index >= 15 is 0 Å². The second-order valence-corrected chi connectivity index (χ2v) is 4.94. The van der Waals surface area contributed by atoms with Crippen LogP contribution in [-0.2, 0) is 4.74 Å². The van der Waals surface area contributed by atoms with Crippen LogP contribution in [0.5, 0.6) is 5.75 Å². The molecule has 1 rings (SSSR count). The minimum atomic E-state index is -1.50. The third-order valence-corrected chi connectivity index (χ3v) is 2.11. The van der Waals surface area contributed by atoms with Gasteiger partial charge in [-0.25, -0.2) is 14.0 Å². The van der Waals surface area contributed by atoms with E-state index in [1.807, 2.05) is 0 Å². The van der Waals surface area contributed by atoms with Gasteiger partial charge in [-0.15, -0.1) is 0 Å². The predicted molar refractivity (Wildman–Crippen MR) is 68.2 cm³/mol. The Kier molecular flexibility index (Phi) is 4.67. The fourth-order valence-corrected chi connectivity index (χ4v) is 1.43. The Labute approximate surface area is 115 Å². The molecule has 0 unspecified atom stereocenters. The number of ether oxygens (including phenoxy) is 1. The van der Waals surface area contributed by atoms with Gasteiger partial charge in [0.25, 0.3) is 0 Å². The van der Waals surface area contributed by atoms with Crippen LogP contribution in [0.2, 0.25) is 0 Å². The first-order chi connectivity index (χ1) is 9.15. The quantitative estimate of drug-likeness (QED) is 0.650. The van der Waals surface area contributed by atoms with Gasteiger partial charge in [0, 0.05) is 7.05 Å². The summed E-state index contributed by atoms with van der Waals surface area (Å²) < 4.78 is 18.9. The summed E-state index contributed by atoms with van der Waals surface area (Å²) in [4.78, 5) is 27.6. The highest BCUT2D eigenvalue weighted by molar-refractivity contribution is 5.95. The van der Waals surface area contributed by atoms with Crippen LogP contribution in [-0.4, -0.2) is 29.7 Å². The number of esters is 1. The smallest absolute Gasteiger partial charge is 0.342 e. The summed E-state index contributed by atoms with van der Waals surface area (Å²) in [5.74, 6) is -3.65. The minimum Gasteiger partial charge on any atom is -0.477 e. The average Bonchev–Trinajstić information content (AvgIpc) is 2.25. The monoisotopic (exact) mass is 285 g/mol. The van der Waals surface area contributed by atoms with Crippen LogP contribution in [0.15, 0.2) is 12.1 Å². The molecule has 0 fully saturated rings. The van der Waals surface area contributed by atoms with Crippen molar-refractivity contribution in [2.75, 3.05) is 7.05 Å². The zero-order valence-corrected chi connectivity index (χ0v) is 11.6. The van der Waals surface area contributed by atoms with Gasteiger partial charge in [0.05, 0.1) is 5.56 Å². The van der Waals surface area contributed by atoms with Crippen LogP contribution in [0.25, 0.3) is 0 Å². The maximum absolute atomic E-state index is 13.8. The van der Waals surface area contributed by atoms with Gasteiger partial charge in [0.15, 0.2) is 5.75 Å². The Morgan fingerprint density at radius 1 is 1.30 bits per heavy atom. The van der Waals surface area contributed by atoms with E-state index in [9.17, 15) is 14.0 Å². The highest BCUT2D eigenvalue weighted by atomic mass is 19.1. The van der Waals surface area contributed by atoms with Crippen molar-refractivity contribution in [3.05, 3.63) is 29.1 Å². The standard InChI is InChI=1S/C13H16FNO5/c1-13(2,3)19-12(18)7-5-8(14)10(11(16)17)9(6-7)20-15-4/h5-6,15H,1-4H3,(H,16,17). The molecule has 0 heterocycles. The van der Waals surface area contributed by atoms with E-state index in [1.54, 1.807) is 20.8 Å². The number of hydrogen-bond acceptors (Lipinski definition) is 5. The molecule has 0 aromatic heterocycles. The molecule has 0 saturated carbocycles. The van der Waals surface area contributed by atoms with Crippen molar-refractivity contribution in [3.63, 3.8) is 0 Å². The van der Waals surface area contributed by atoms with E-state index in [4.69, 9.17) is 14.7 Å². The molecule has 0 amide bonds. The van der Waals surface area contributed by atoms with Crippen LogP contribution in [0, 0.1) is 5.82 Å². The van der Waals surface area contributed by atoms with Crippen LogP contribution >= 0.6 is 0 Å². The minimum absolute atomic E-state index is 0.132. The normalized spacial score (nSPS) is 11.1. The van der Waals surface area contributed by atoms with E-state index < -0.39 is 28.9 Å². The number of carboxylic acid groups (broad SMARTS) is 1. The molecule has 0 bridgehead atoms. The molecule has 110 valence electrons. The maximum atomic E-state index is 13.8. The maximum Gasteiger partial charge on any atom is 0.342 e. The van der Waals surface area contributed by atoms with Gasteiger partial charge in [0.1, 0.15) is 17.0 Å². The number of halogens is 1. The fourth-order valence-electron chi connectivity index (χ4n) is 1.43. The molecule has 2 N–H and O–H groups in total. The SMILES string of the molecule is CNOc1cc(C(=O)OC(C)(C)C)cc(F)c1C(=O)O. The Bertz CT molecular complexity index is 536. The van der Waals surface area contributed by atoms with Crippen LogP contribution < -0.4 is 10.3 Å². The molecule has 7 heteroatoms. The zero-order chi connectivity index (χ0) is 15.5. The highest BCUT2D eigenvalue weighted by Gasteiger charge is 2.24. The second kappa shape index (κ2) is 5.87. The van der Waals surface area contributed by atoms with Gasteiger partial charge in [-0.05, 0) is 32.9 Å². The van der Waals surface area contributed by atoms with E-state index in [-0.39, 0.29) is 11.3 Å². The number of benzene rings is 1. The van der Waals surface area contributed by atoms with E-state index in [0.29, 0.717) is 0 Å². The van der Waals surface area contributed by atoms with Gasteiger partial charge < -0.3 is 14.7 Å². The van der Waals surface area contributed by atoms with Crippen molar-refractivity contribution in [1.29, 1.82) is 0 Å². The second-order valence-electron chi connectivity index (χ2n) is 4.94. The molecule has 1 aromatic carbocycles. The molecule has 0 aliphatic rings. The molecule has 0 atom stereocenters. The summed E-state index contributed by atoms with van der Waals surface area (Å²) in [7, 11) is 1.38. The number of carboxylic acids is 1. The fraction of sp³-hybridized carbons (Fsp3) is 0.385. The number of nitrogens with one attached hydrogen (secondary N) is 1. The number of hydroxylamine groups is 1. The first-order valence-electron chi connectivity index (χ1n) is 5.79. The van der Waals surface area contributed by atoms with Crippen molar-refractivity contribution in [2.45, 2.75) is 26.4 Å². The lowest BCUT2D eigenvalue weighted by atomic mass is 10.1. The molecule has 0 aliphatic carbocycles. The van der Waals surface area contributed by atoms with Gasteiger partial charge in [0.2, 0.25) is 0 Å². The summed E-state index contributed by atoms with van der Waals surface area (Å²) in [5.41, 5.74) is 0.700. The van der Waals surface area contributed by atoms with Gasteiger partial charge in [-0.2, -0.15) is 5.48 Å². The summed E-state index contributed by atoms with van der Waals surface area (Å²) in [6.07, 6.45) is 0. The Morgan fingerprint density at radius 2 is 1.90 bits per heavy atom. The average molecular weight is 285 g/mol. The molecule has 0 aliphatic heterocycles. The van der Waals surface area contributed by atoms with Crippen LogP contribution in [0.1, 0.15) is 41.5 Å². The number of hydrogen-bond donors (Lipinski definition) is 2. The highest BCUT2D eigenvalue weighted by Crippen LogP contribution is 2.25. The molecule has 0 saturated heterocycles. The summed E-state index contributed by atoms with van der Waals surface area (Å²) in [5, 5.41) is 8.93. The van der Waals surface area contributed by atoms with E-state index in [0.717, 1.165) is 12.1 Å². The largest absolute Gasteiger partial charge is 0.477 e. The van der Waals surface area contributed by atoms with Gasteiger partial charge >= 0.3 is 11.9 Å². The molecule has 20 heavy (non-hydrogen) atoms. The van der Waals surface area contributed by atoms with Crippen LogP contribution in [0.3, 0.4) is 0 Å². The zero-order valence-electron chi connectivity index (χ0n) is 11.6. The number of rotatable bonds is 4. The summed E-state index contributed by atoms with van der Waals surface area (Å²) >= 11 is 0. The van der Waals surface area contributed by atoms with Gasteiger partial charge in [-0.1, -0.05) is 0 Å². The Hall–Kier alpha value is -2.15. The lowest BCUT2D eigenvalue weighted by Crippen LogP contribution is -2.24. The summed E-state index contributed by atoms with van der Waals surface area (Å²) in [6.45, 7) is 4.99. The molecular formula is C13H16FNO5. The van der Waals surface area contributed by atoms with Crippen molar-refractivity contribution >= 4 is 11.9 Å². The van der Waals surface area contributed by atoms with Crippen LogP contribution in [0.4, 0.5) is 4.39 Å². The third-order valence-electron chi connectivity index (χ3n) is 2.11. The Balaban J connectivity index is 3.24. The number of aromatic carboxylic acids is 1. The molecule has 6 nitrogen and oxygen atoms in total. The van der Waals surface area contributed by atoms with Crippen molar-refractivity contribution in [1.82, 2.24) is 5.48 Å². The predicted octanol–water partition coefficient (Wildman–Crippen LogP) is 1.99. The third kappa shape index (κ3) is 3.92.